The van der Waals surface area contributed by atoms with Gasteiger partial charge in [-0.3, -0.25) is 0 Å². The van der Waals surface area contributed by atoms with Crippen molar-refractivity contribution < 1.29 is 23.7 Å². The number of anilines is 4. The third-order valence-corrected chi connectivity index (χ3v) is 34.4. The van der Waals surface area contributed by atoms with Gasteiger partial charge in [0.15, 0.2) is 45.4 Å². The molecule has 0 unspecified atom stereocenters. The molecule has 0 amide bonds. The molecule has 4 aromatic carbocycles. The van der Waals surface area contributed by atoms with Crippen LogP contribution in [0.2, 0.25) is 40.2 Å². The molecule has 0 aliphatic carbocycles. The molecule has 4 N–H and O–H groups in total. The van der Waals surface area contributed by atoms with Gasteiger partial charge < -0.3 is 54.5 Å². The summed E-state index contributed by atoms with van der Waals surface area (Å²) < 4.78 is 32.9. The molecular weight excluding hydrogens is 2060 g/mol. The van der Waals surface area contributed by atoms with E-state index in [9.17, 15) is 44.8 Å². The zero-order valence-electron chi connectivity index (χ0n) is 84.8. The normalized spacial score (nSPS) is 20.0. The van der Waals surface area contributed by atoms with Crippen molar-refractivity contribution in [1.29, 1.82) is 21.0 Å². The highest BCUT2D eigenvalue weighted by atomic mass is 35.5. The number of aromatic nitrogens is 16. The molecule has 34 nitrogen and oxygen atoms in total. The molecule has 0 radical (unpaired) electrons. The highest BCUT2D eigenvalue weighted by Gasteiger charge is 2.43. The number of aliphatic hydroxyl groups is 3. The molecule has 8 fully saturated rings. The van der Waals surface area contributed by atoms with Crippen LogP contribution in [0.5, 0.6) is 0 Å². The van der Waals surface area contributed by atoms with Gasteiger partial charge in [-0.2, -0.15) is 41.4 Å². The van der Waals surface area contributed by atoms with Crippen molar-refractivity contribution in [2.75, 3.05) is 170 Å². The number of piperidine rings is 4. The van der Waals surface area contributed by atoms with Gasteiger partial charge in [0.05, 0.1) is 72.5 Å². The zero-order valence-corrected chi connectivity index (χ0v) is 91.7. The number of nitrogens with zero attached hydrogens (tertiary/aromatic N) is 28. The van der Waals surface area contributed by atoms with Crippen LogP contribution in [0, 0.1) is 92.7 Å². The lowest BCUT2D eigenvalue weighted by Crippen LogP contribution is -2.54. The third kappa shape index (κ3) is 25.5. The summed E-state index contributed by atoms with van der Waals surface area (Å²) in [7, 11) is -1.74. The van der Waals surface area contributed by atoms with Crippen LogP contribution in [0.15, 0.2) is 97.6 Å². The van der Waals surface area contributed by atoms with Gasteiger partial charge in [-0.15, -0.1) is 0 Å². The molecule has 148 heavy (non-hydrogen) atoms. The number of aliphatic hydroxyl groups excluding tert-OH is 1. The number of β-amino-alcohol motifs (C(OH)–C–C–N with tert-alkyl or cyclic N) is 1. The third-order valence-electron chi connectivity index (χ3n) is 30.8. The Bertz CT molecular complexity index is 6840. The predicted molar refractivity (Wildman–Crippen MR) is 582 cm³/mol. The van der Waals surface area contributed by atoms with E-state index in [1.165, 1.54) is 45.6 Å². The molecule has 8 saturated heterocycles. The zero-order chi connectivity index (χ0) is 105. The monoisotopic (exact) mass is 2190 g/mol. The van der Waals surface area contributed by atoms with Crippen molar-refractivity contribution in [3.8, 4) is 24.3 Å². The molecule has 8 aliphatic heterocycles. The van der Waals surface area contributed by atoms with Crippen molar-refractivity contribution in [2.45, 2.75) is 168 Å². The molecular formula is C105H127Cl8N29O5S. The number of halogens is 8. The van der Waals surface area contributed by atoms with E-state index in [0.29, 0.717) is 139 Å². The van der Waals surface area contributed by atoms with Crippen LogP contribution in [-0.2, 0) is 10.0 Å². The number of nitrogens with one attached hydrogen (secondary N) is 1. The Kier molecular flexibility index (Phi) is 35.2. The second-order valence-electron chi connectivity index (χ2n) is 42.1. The molecule has 0 saturated carbocycles. The second kappa shape index (κ2) is 47.6. The number of benzene rings is 4. The van der Waals surface area contributed by atoms with Crippen LogP contribution >= 0.6 is 92.8 Å². The largest absolute Gasteiger partial charge is 0.395 e. The maximum Gasteiger partial charge on any atom is 0.212 e. The van der Waals surface area contributed by atoms with E-state index in [2.05, 4.69) is 109 Å². The summed E-state index contributed by atoms with van der Waals surface area (Å²) >= 11 is 50.2. The summed E-state index contributed by atoms with van der Waals surface area (Å²) in [5.41, 5.74) is 7.40. The van der Waals surface area contributed by atoms with Gasteiger partial charge in [0, 0.05) is 132 Å². The van der Waals surface area contributed by atoms with Gasteiger partial charge in [0.25, 0.3) is 0 Å². The summed E-state index contributed by atoms with van der Waals surface area (Å²) in [6.07, 6.45) is 20.3. The van der Waals surface area contributed by atoms with Gasteiger partial charge in [-0.1, -0.05) is 117 Å². The van der Waals surface area contributed by atoms with E-state index in [0.717, 1.165) is 208 Å². The van der Waals surface area contributed by atoms with E-state index < -0.39 is 21.2 Å². The number of rotatable bonds is 30. The van der Waals surface area contributed by atoms with Crippen molar-refractivity contribution >= 4 is 171 Å². The summed E-state index contributed by atoms with van der Waals surface area (Å²) in [6.45, 7) is 35.1. The molecule has 12 aromatic rings. The average Bonchev–Trinajstić information content (AvgIpc) is 1.60. The number of hydrogen-bond donors (Lipinski definition) is 4. The van der Waals surface area contributed by atoms with Crippen LogP contribution in [0.3, 0.4) is 0 Å². The minimum atomic E-state index is -3.20. The SMILES string of the molecule is CNS(=O)(=O)CCN1CCC[C@H](C2CN(c3cnc4c(C#N)nn([C@H](C)c5ccc(Cl)cc5Cl)c4n3)C2)C1.C[C@H](c1ccc(Cl)cc1Cl)n1nc(C#N)c2ncc(N3CC([C@@H]4CCCN(CCCC(C)(C)O)C4)C3)nc21.C[C@H](c1ccc(Cl)cc1Cl)n1nc(C#N)c2ncc(N3CC([C@H]4CCCN(CCCC(C)(C)O)C4)C3)nc21.C[C@H](c1ccc(Cl)cc1Cl)n1nc(C#N)c2ncc(N3CC([C@H]4CCCN(CCO)C4)C3)nc21. The van der Waals surface area contributed by atoms with E-state index in [1.807, 2.05) is 79.7 Å². The van der Waals surface area contributed by atoms with Crippen LogP contribution in [-0.4, -0.2) is 284 Å². The Labute approximate surface area is 904 Å². The first-order valence-electron chi connectivity index (χ1n) is 51.2. The van der Waals surface area contributed by atoms with E-state index in [1.54, 1.807) is 92.0 Å². The van der Waals surface area contributed by atoms with Crippen LogP contribution in [0.25, 0.3) is 44.7 Å². The Morgan fingerprint density at radius 3 is 0.845 bits per heavy atom. The predicted octanol–water partition coefficient (Wildman–Crippen LogP) is 17.7. The molecule has 0 bridgehead atoms. The lowest BCUT2D eigenvalue weighted by Gasteiger charge is -2.47. The Balaban J connectivity index is 0.000000135. The number of sulfonamides is 1. The van der Waals surface area contributed by atoms with Gasteiger partial charge in [-0.25, -0.2) is 71.7 Å². The minimum Gasteiger partial charge on any atom is -0.395 e. The molecule has 784 valence electrons. The fourth-order valence-corrected chi connectivity index (χ4v) is 25.1. The molecule has 8 aliphatic rings. The lowest BCUT2D eigenvalue weighted by atomic mass is 9.80. The highest BCUT2D eigenvalue weighted by molar-refractivity contribution is 7.89. The van der Waals surface area contributed by atoms with Crippen molar-refractivity contribution in [2.24, 2.45) is 47.3 Å². The first-order chi connectivity index (χ1) is 70.9. The number of likely N-dealkylation sites (tertiary alicyclic amines) is 4. The van der Waals surface area contributed by atoms with Gasteiger partial charge >= 0.3 is 0 Å². The van der Waals surface area contributed by atoms with Crippen molar-refractivity contribution in [3.63, 3.8) is 0 Å². The van der Waals surface area contributed by atoms with Gasteiger partial charge in [0.1, 0.15) is 69.6 Å². The Hall–Kier alpha value is -9.81. The summed E-state index contributed by atoms with van der Waals surface area (Å²) in [5.74, 6) is 8.24. The molecule has 0 spiro atoms. The van der Waals surface area contributed by atoms with Crippen LogP contribution in [0.1, 0.15) is 202 Å². The Morgan fingerprint density at radius 2 is 0.622 bits per heavy atom. The summed E-state index contributed by atoms with van der Waals surface area (Å²) in [6, 6.07) is 29.0. The average molecular weight is 2190 g/mol. The van der Waals surface area contributed by atoms with E-state index in [-0.39, 0.29) is 59.3 Å². The van der Waals surface area contributed by atoms with Crippen molar-refractivity contribution in [3.05, 3.63) is 183 Å². The molecule has 20 rings (SSSR count). The van der Waals surface area contributed by atoms with Crippen molar-refractivity contribution in [1.82, 2.24) is 103 Å². The minimum absolute atomic E-state index is 0.126. The molecule has 43 heteroatoms. The maximum atomic E-state index is 11.8. The standard InChI is InChI=1S/2C28H35Cl2N7O.C25H30Cl2N8O2S.C24H27Cl2N7O/c2*1-18(22-8-7-21(29)12-23(22)30)37-27-26(24(13-31)34-37)32-14-25(33-27)36-16-20(17-36)19-6-4-10-35(15-19)11-5-9-28(2,3)38;1-16(20-6-5-19(26)10-21(20)27)35-25-24(22(11-28)32-35)30-12-23(31-25)34-14-18(15-34)17-4-3-7-33(13-17)8-9-38(36,37)29-2;1-15(19-5-4-18(25)9-20(19)26)33-24-23(21(10-27)30-33)28-11-22(29-24)32-13-17(14-32)16-3-2-6-31(12-16)7-8-34/h2*7-8,12,14,18-20,38H,4-6,9-11,15-17H2,1-3H3;5-6,10,12,16-18,29H,3-4,7-9,13-15H2,1-2H3;4-5,9,11,15-17,34H,2-3,6-8,12-14H2,1H3/t18-,19+;18-,19-;16-,17+;15-,16+/m1111/s1. The lowest BCUT2D eigenvalue weighted by molar-refractivity contribution is 0.0589. The first kappa shape index (κ1) is 109. The topological polar surface area (TPSA) is 402 Å². The molecule has 16 heterocycles. The summed E-state index contributed by atoms with van der Waals surface area (Å²) in [5, 5.41) is 90.3. The first-order valence-corrected chi connectivity index (χ1v) is 55.9. The van der Waals surface area contributed by atoms with Gasteiger partial charge in [-0.05, 0) is 297 Å². The summed E-state index contributed by atoms with van der Waals surface area (Å²) in [4.78, 5) is 56.7. The van der Waals surface area contributed by atoms with Gasteiger partial charge in [0.2, 0.25) is 10.0 Å². The molecule has 8 aromatic heterocycles. The quantitative estimate of drug-likeness (QED) is 0.0325. The Morgan fingerprint density at radius 1 is 0.378 bits per heavy atom. The smallest absolute Gasteiger partial charge is 0.212 e. The molecule has 8 atom stereocenters. The fourth-order valence-electron chi connectivity index (χ4n) is 22.1. The van der Waals surface area contributed by atoms with Crippen LogP contribution < -0.4 is 24.3 Å². The number of fused-ring (bicyclic) bond motifs is 4. The maximum absolute atomic E-state index is 11.8. The van der Waals surface area contributed by atoms with E-state index >= 15 is 0 Å². The van der Waals surface area contributed by atoms with Crippen LogP contribution in [0.4, 0.5) is 23.3 Å². The highest BCUT2D eigenvalue weighted by Crippen LogP contribution is 2.44. The number of nitriles is 4. The fraction of sp³-hybridized carbons (Fsp3) is 0.543. The second-order valence-corrected chi connectivity index (χ2v) is 47.6. The van der Waals surface area contributed by atoms with E-state index in [4.69, 9.17) is 113 Å². The number of hydrogen-bond acceptors (Lipinski definition) is 29.